The van der Waals surface area contributed by atoms with Crippen molar-refractivity contribution in [1.29, 1.82) is 0 Å². The number of aliphatic carboxylic acids is 1. The second-order valence-electron chi connectivity index (χ2n) is 13.5. The molecule has 1 saturated carbocycles. The quantitative estimate of drug-likeness (QED) is 0.221. The van der Waals surface area contributed by atoms with E-state index in [1.54, 1.807) is 19.9 Å². The highest BCUT2D eigenvalue weighted by Crippen LogP contribution is 2.68. The molecule has 1 spiro atoms. The lowest BCUT2D eigenvalue weighted by Gasteiger charge is -2.61. The van der Waals surface area contributed by atoms with Crippen LogP contribution in [0.15, 0.2) is 24.0 Å². The molecule has 47 heavy (non-hydrogen) atoms. The van der Waals surface area contributed by atoms with Gasteiger partial charge in [0.2, 0.25) is 6.10 Å². The summed E-state index contributed by atoms with van der Waals surface area (Å²) in [5.74, 6) is -3.71. The first-order chi connectivity index (χ1) is 22.1. The van der Waals surface area contributed by atoms with E-state index in [1.807, 2.05) is 12.1 Å². The summed E-state index contributed by atoms with van der Waals surface area (Å²) in [5, 5.41) is 24.1. The van der Waals surface area contributed by atoms with Crippen LogP contribution in [0.4, 0.5) is 0 Å². The second-order valence-corrected chi connectivity index (χ2v) is 13.5. The van der Waals surface area contributed by atoms with Gasteiger partial charge in [-0.25, -0.2) is 9.59 Å². The molecule has 13 heteroatoms. The van der Waals surface area contributed by atoms with Crippen LogP contribution in [0.25, 0.3) is 0 Å². The van der Waals surface area contributed by atoms with Gasteiger partial charge in [-0.1, -0.05) is 26.8 Å². The lowest BCUT2D eigenvalue weighted by molar-refractivity contribution is -0.177. The van der Waals surface area contributed by atoms with Crippen LogP contribution in [-0.2, 0) is 50.0 Å². The molecule has 1 aromatic rings. The standard InChI is InChI=1S/C34H43NO12/c1-16(2)13-22(31(39)40)35-30(38)18(4)44-32(41)25(45-19(5)36)15-26(37)46-24-10-12-34(42)21-14-20-7-8-23(43-6)28-27(20)33(34,29(24)47-28)11-9-17(21)3/h7-8,10,16-18,21-22,25,29,42H,9,11-15H2,1-6H3,(H,35,38)(H,39,40)/t17?,18-,21-,22-,25-,29-,33-,34+/m0/s1. The minimum Gasteiger partial charge on any atom is -0.493 e. The first kappa shape index (κ1) is 34.2. The highest BCUT2D eigenvalue weighted by Gasteiger charge is 2.72. The van der Waals surface area contributed by atoms with Crippen LogP contribution in [0.5, 0.6) is 11.5 Å². The van der Waals surface area contributed by atoms with Crippen LogP contribution in [0.3, 0.4) is 0 Å². The molecule has 1 aromatic carbocycles. The zero-order valence-corrected chi connectivity index (χ0v) is 27.5. The largest absolute Gasteiger partial charge is 0.493 e. The van der Waals surface area contributed by atoms with Crippen LogP contribution < -0.4 is 14.8 Å². The van der Waals surface area contributed by atoms with Gasteiger partial charge in [0.05, 0.1) is 24.5 Å². The summed E-state index contributed by atoms with van der Waals surface area (Å²) < 4.78 is 28.2. The number of amides is 1. The Hall–Kier alpha value is -4.13. The molecular formula is C34H43NO12. The maximum atomic E-state index is 13.4. The summed E-state index contributed by atoms with van der Waals surface area (Å²) in [6.07, 6.45) is -0.648. The number of methoxy groups -OCH3 is 1. The summed E-state index contributed by atoms with van der Waals surface area (Å²) in [4.78, 5) is 62.4. The lowest BCUT2D eigenvalue weighted by Crippen LogP contribution is -2.69. The zero-order valence-electron chi connectivity index (χ0n) is 27.5. The number of aliphatic hydroxyl groups is 1. The lowest BCUT2D eigenvalue weighted by atomic mass is 9.45. The second kappa shape index (κ2) is 12.8. The number of esters is 3. The van der Waals surface area contributed by atoms with Gasteiger partial charge in [-0.15, -0.1) is 0 Å². The van der Waals surface area contributed by atoms with E-state index in [2.05, 4.69) is 12.2 Å². The van der Waals surface area contributed by atoms with Gasteiger partial charge in [0.25, 0.3) is 5.91 Å². The molecular weight excluding hydrogens is 614 g/mol. The average molecular weight is 658 g/mol. The Morgan fingerprint density at radius 1 is 1.13 bits per heavy atom. The molecule has 1 heterocycles. The number of benzene rings is 1. The molecule has 0 saturated heterocycles. The maximum absolute atomic E-state index is 13.4. The first-order valence-corrected chi connectivity index (χ1v) is 16.0. The third-order valence-electron chi connectivity index (χ3n) is 10.1. The molecule has 1 fully saturated rings. The monoisotopic (exact) mass is 657 g/mol. The fourth-order valence-corrected chi connectivity index (χ4v) is 7.95. The molecule has 0 radical (unpaired) electrons. The number of rotatable bonds is 12. The van der Waals surface area contributed by atoms with Crippen molar-refractivity contribution < 1.29 is 57.9 Å². The molecule has 8 atom stereocenters. The van der Waals surface area contributed by atoms with Crippen molar-refractivity contribution in [2.45, 2.75) is 109 Å². The zero-order chi connectivity index (χ0) is 34.4. The SMILES string of the molecule is COc1ccc2c3c1O[C@H]1C(OC(=O)C[C@H](OC(C)=O)C(=O)O[C@@H](C)C(=O)N[C@@H](CC(C)C)C(=O)O)=CC[C@@]4(O)[C@@H](C2)C(C)CC[C@]314. The number of hydrogen-bond donors (Lipinski definition) is 3. The van der Waals surface area contributed by atoms with Gasteiger partial charge in [-0.05, 0) is 74.5 Å². The molecule has 13 nitrogen and oxygen atoms in total. The number of hydrogen-bond acceptors (Lipinski definition) is 11. The van der Waals surface area contributed by atoms with E-state index in [9.17, 15) is 34.2 Å². The molecule has 5 rings (SSSR count). The Labute approximate surface area is 272 Å². The number of nitrogens with one attached hydrogen (secondary N) is 1. The molecule has 2 bridgehead atoms. The van der Waals surface area contributed by atoms with Crippen LogP contribution in [0.1, 0.15) is 77.8 Å². The average Bonchev–Trinajstić information content (AvgIpc) is 3.35. The topological polar surface area (TPSA) is 184 Å². The molecule has 4 aliphatic rings. The Balaban J connectivity index is 1.33. The van der Waals surface area contributed by atoms with Gasteiger partial charge in [0.1, 0.15) is 11.8 Å². The van der Waals surface area contributed by atoms with E-state index in [1.165, 1.54) is 14.0 Å². The Kier molecular flexibility index (Phi) is 9.33. The van der Waals surface area contributed by atoms with E-state index < -0.39 is 71.6 Å². The van der Waals surface area contributed by atoms with Crippen molar-refractivity contribution >= 4 is 29.8 Å². The van der Waals surface area contributed by atoms with Gasteiger partial charge in [0.15, 0.2) is 23.7 Å². The van der Waals surface area contributed by atoms with Crippen molar-refractivity contribution in [3.8, 4) is 11.5 Å². The van der Waals surface area contributed by atoms with Crippen molar-refractivity contribution in [3.05, 3.63) is 35.1 Å². The Morgan fingerprint density at radius 3 is 2.49 bits per heavy atom. The fraction of sp³-hybridized carbons (Fsp3) is 0.618. The van der Waals surface area contributed by atoms with E-state index in [0.29, 0.717) is 24.3 Å². The number of carbonyl (C=O) groups is 5. The van der Waals surface area contributed by atoms with Crippen molar-refractivity contribution in [2.24, 2.45) is 17.8 Å². The minimum atomic E-state index is -1.75. The Morgan fingerprint density at radius 2 is 1.85 bits per heavy atom. The smallest absolute Gasteiger partial charge is 0.348 e. The molecule has 0 aromatic heterocycles. The summed E-state index contributed by atoms with van der Waals surface area (Å²) in [6.45, 7) is 8.02. The molecule has 1 amide bonds. The third kappa shape index (κ3) is 5.94. The molecule has 3 N–H and O–H groups in total. The highest BCUT2D eigenvalue weighted by atomic mass is 16.6. The number of carboxylic acid groups (broad SMARTS) is 1. The molecule has 256 valence electrons. The van der Waals surface area contributed by atoms with Gasteiger partial charge in [-0.3, -0.25) is 14.4 Å². The molecule has 1 aliphatic heterocycles. The van der Waals surface area contributed by atoms with Crippen LogP contribution in [0.2, 0.25) is 0 Å². The van der Waals surface area contributed by atoms with Gasteiger partial charge in [-0.2, -0.15) is 0 Å². The normalized spacial score (nSPS) is 28.4. The van der Waals surface area contributed by atoms with Crippen LogP contribution in [0, 0.1) is 17.8 Å². The van der Waals surface area contributed by atoms with Crippen molar-refractivity contribution in [3.63, 3.8) is 0 Å². The summed E-state index contributed by atoms with van der Waals surface area (Å²) in [7, 11) is 1.54. The van der Waals surface area contributed by atoms with Crippen molar-refractivity contribution in [1.82, 2.24) is 5.32 Å². The number of ether oxygens (including phenoxy) is 5. The third-order valence-corrected chi connectivity index (χ3v) is 10.1. The van der Waals surface area contributed by atoms with Crippen molar-refractivity contribution in [2.75, 3.05) is 7.11 Å². The van der Waals surface area contributed by atoms with E-state index in [4.69, 9.17) is 23.7 Å². The summed E-state index contributed by atoms with van der Waals surface area (Å²) in [6, 6.07) is 2.64. The predicted molar refractivity (Wildman–Crippen MR) is 163 cm³/mol. The molecule has 1 unspecified atom stereocenters. The molecule has 3 aliphatic carbocycles. The van der Waals surface area contributed by atoms with Gasteiger partial charge >= 0.3 is 23.9 Å². The maximum Gasteiger partial charge on any atom is 0.348 e. The van der Waals surface area contributed by atoms with Crippen LogP contribution >= 0.6 is 0 Å². The van der Waals surface area contributed by atoms with Crippen LogP contribution in [-0.4, -0.2) is 77.1 Å². The number of carbonyl (C=O) groups excluding carboxylic acids is 4. The minimum absolute atomic E-state index is 0.0320. The summed E-state index contributed by atoms with van der Waals surface area (Å²) in [5.41, 5.74) is -0.0918. The Bertz CT molecular complexity index is 1500. The highest BCUT2D eigenvalue weighted by molar-refractivity contribution is 5.89. The predicted octanol–water partition coefficient (Wildman–Crippen LogP) is 2.73. The number of carboxylic acids is 1. The van der Waals surface area contributed by atoms with E-state index in [-0.39, 0.29) is 36.4 Å². The first-order valence-electron chi connectivity index (χ1n) is 16.0. The van der Waals surface area contributed by atoms with E-state index in [0.717, 1.165) is 24.5 Å². The van der Waals surface area contributed by atoms with E-state index >= 15 is 0 Å². The van der Waals surface area contributed by atoms with Gasteiger partial charge < -0.3 is 39.2 Å². The summed E-state index contributed by atoms with van der Waals surface area (Å²) >= 11 is 0. The van der Waals surface area contributed by atoms with Gasteiger partial charge in [0, 0.05) is 12.5 Å². The fourth-order valence-electron chi connectivity index (χ4n) is 7.95.